The van der Waals surface area contributed by atoms with Gasteiger partial charge in [0.1, 0.15) is 5.58 Å². The van der Waals surface area contributed by atoms with E-state index in [0.29, 0.717) is 11.2 Å². The number of hydrogen-bond donors (Lipinski definition) is 1. The number of fused-ring (bicyclic) bond motifs is 1. The highest BCUT2D eigenvalue weighted by Crippen LogP contribution is 2.59. The van der Waals surface area contributed by atoms with E-state index in [1.165, 1.54) is 70.6 Å². The summed E-state index contributed by atoms with van der Waals surface area (Å²) in [5.41, 5.74) is 2.31. The Kier molecular flexibility index (Phi) is 5.33. The van der Waals surface area contributed by atoms with Gasteiger partial charge in [0.25, 0.3) is 5.91 Å². The molecule has 0 spiro atoms. The Morgan fingerprint density at radius 3 is 2.39 bits per heavy atom. The standard InChI is InChI=1S/C27H35NO2S/c29-26(28-17-27-13-18-10-19(14-27)12-20(11-18)15-27)25-23(16-31-21-6-2-1-3-7-21)22-8-4-5-9-24(22)30-25/h4-5,8-9,18-21H,1-3,6-7,10-17H2,(H,28,29). The SMILES string of the molecule is O=C(NCC12CC3CC(CC(C3)C1)C2)c1oc2ccccc2c1CSC1CCCCC1. The Bertz CT molecular complexity index is 922. The van der Waals surface area contributed by atoms with Crippen molar-refractivity contribution in [2.45, 2.75) is 81.6 Å². The molecule has 1 aromatic heterocycles. The summed E-state index contributed by atoms with van der Waals surface area (Å²) in [5, 5.41) is 5.20. The van der Waals surface area contributed by atoms with Crippen LogP contribution in [-0.2, 0) is 5.75 Å². The number of carbonyl (C=O) groups is 1. The second-order valence-corrected chi connectivity index (χ2v) is 12.4. The highest BCUT2D eigenvalue weighted by atomic mass is 32.2. The first-order valence-electron chi connectivity index (χ1n) is 12.6. The van der Waals surface area contributed by atoms with Crippen molar-refractivity contribution < 1.29 is 9.21 Å². The molecule has 5 aliphatic carbocycles. The molecule has 0 aliphatic heterocycles. The molecule has 4 heteroatoms. The Balaban J connectivity index is 1.19. The molecule has 5 aliphatic rings. The summed E-state index contributed by atoms with van der Waals surface area (Å²) >= 11 is 2.03. The fraction of sp³-hybridized carbons (Fsp3) is 0.667. The normalized spacial score (nSPS) is 32.6. The molecule has 1 amide bonds. The maximum absolute atomic E-state index is 13.4. The number of benzene rings is 1. The Hall–Kier alpha value is -1.42. The molecule has 5 saturated carbocycles. The van der Waals surface area contributed by atoms with Gasteiger partial charge in [0.05, 0.1) is 0 Å². The Labute approximate surface area is 190 Å². The van der Waals surface area contributed by atoms with Crippen LogP contribution in [0.1, 0.15) is 86.7 Å². The molecule has 166 valence electrons. The summed E-state index contributed by atoms with van der Waals surface area (Å²) < 4.78 is 6.15. The van der Waals surface area contributed by atoms with Gasteiger partial charge in [-0.3, -0.25) is 4.79 Å². The molecule has 0 atom stereocenters. The van der Waals surface area contributed by atoms with Crippen LogP contribution in [0, 0.1) is 23.2 Å². The van der Waals surface area contributed by atoms with Gasteiger partial charge in [0, 0.05) is 28.5 Å². The molecule has 31 heavy (non-hydrogen) atoms. The quantitative estimate of drug-likeness (QED) is 0.532. The Morgan fingerprint density at radius 1 is 1.00 bits per heavy atom. The van der Waals surface area contributed by atoms with Gasteiger partial charge < -0.3 is 9.73 Å². The monoisotopic (exact) mass is 437 g/mol. The second-order valence-electron chi connectivity index (χ2n) is 11.1. The highest BCUT2D eigenvalue weighted by Gasteiger charge is 2.50. The van der Waals surface area contributed by atoms with Crippen LogP contribution in [0.2, 0.25) is 0 Å². The summed E-state index contributed by atoms with van der Waals surface area (Å²) in [6.07, 6.45) is 15.0. The third-order valence-corrected chi connectivity index (χ3v) is 10.1. The van der Waals surface area contributed by atoms with Crippen LogP contribution in [0.4, 0.5) is 0 Å². The van der Waals surface area contributed by atoms with E-state index in [1.54, 1.807) is 0 Å². The molecule has 3 nitrogen and oxygen atoms in total. The average Bonchev–Trinajstić information content (AvgIpc) is 3.15. The highest BCUT2D eigenvalue weighted by molar-refractivity contribution is 7.99. The molecule has 0 saturated heterocycles. The van der Waals surface area contributed by atoms with Gasteiger partial charge in [-0.15, -0.1) is 0 Å². The first-order valence-corrected chi connectivity index (χ1v) is 13.6. The average molecular weight is 438 g/mol. The van der Waals surface area contributed by atoms with E-state index < -0.39 is 0 Å². The number of carbonyl (C=O) groups excluding carboxylic acids is 1. The minimum absolute atomic E-state index is 0.00573. The van der Waals surface area contributed by atoms with Crippen molar-refractivity contribution in [1.29, 1.82) is 0 Å². The van der Waals surface area contributed by atoms with Crippen molar-refractivity contribution in [3.05, 3.63) is 35.6 Å². The maximum atomic E-state index is 13.4. The van der Waals surface area contributed by atoms with Gasteiger partial charge in [0.15, 0.2) is 5.76 Å². The minimum atomic E-state index is 0.00573. The zero-order chi connectivity index (χ0) is 20.8. The number of thioether (sulfide) groups is 1. The zero-order valence-corrected chi connectivity index (χ0v) is 19.4. The van der Waals surface area contributed by atoms with Crippen LogP contribution in [0.25, 0.3) is 11.0 Å². The topological polar surface area (TPSA) is 42.2 Å². The van der Waals surface area contributed by atoms with Gasteiger partial charge in [-0.05, 0) is 80.6 Å². The lowest BCUT2D eigenvalue weighted by atomic mass is 9.49. The molecular formula is C27H35NO2S. The predicted molar refractivity (Wildman–Crippen MR) is 127 cm³/mol. The molecule has 1 N–H and O–H groups in total. The molecule has 1 aromatic carbocycles. The van der Waals surface area contributed by atoms with Crippen molar-refractivity contribution in [2.75, 3.05) is 6.54 Å². The van der Waals surface area contributed by atoms with Gasteiger partial charge in [0.2, 0.25) is 0 Å². The summed E-state index contributed by atoms with van der Waals surface area (Å²) in [4.78, 5) is 13.4. The van der Waals surface area contributed by atoms with Crippen molar-refractivity contribution in [2.24, 2.45) is 23.2 Å². The maximum Gasteiger partial charge on any atom is 0.287 e. The predicted octanol–water partition coefficient (Wildman–Crippen LogP) is 6.94. The van der Waals surface area contributed by atoms with E-state index in [9.17, 15) is 4.79 Å². The molecule has 0 unspecified atom stereocenters. The Morgan fingerprint density at radius 2 is 1.68 bits per heavy atom. The number of hydrogen-bond acceptors (Lipinski definition) is 3. The van der Waals surface area contributed by atoms with Gasteiger partial charge >= 0.3 is 0 Å². The molecule has 7 rings (SSSR count). The number of para-hydroxylation sites is 1. The van der Waals surface area contributed by atoms with Gasteiger partial charge in [-0.1, -0.05) is 37.5 Å². The van der Waals surface area contributed by atoms with Gasteiger partial charge in [-0.2, -0.15) is 11.8 Å². The first kappa shape index (κ1) is 20.2. The smallest absolute Gasteiger partial charge is 0.287 e. The molecule has 4 bridgehead atoms. The van der Waals surface area contributed by atoms with Crippen molar-refractivity contribution in [1.82, 2.24) is 5.32 Å². The van der Waals surface area contributed by atoms with E-state index >= 15 is 0 Å². The molecule has 2 aromatic rings. The summed E-state index contributed by atoms with van der Waals surface area (Å²) in [6, 6.07) is 8.18. The van der Waals surface area contributed by atoms with E-state index in [-0.39, 0.29) is 5.91 Å². The van der Waals surface area contributed by atoms with Crippen LogP contribution in [0.3, 0.4) is 0 Å². The van der Waals surface area contributed by atoms with Crippen LogP contribution < -0.4 is 5.32 Å². The number of rotatable bonds is 6. The third kappa shape index (κ3) is 3.94. The fourth-order valence-electron chi connectivity index (χ4n) is 7.71. The van der Waals surface area contributed by atoms with Crippen LogP contribution >= 0.6 is 11.8 Å². The summed E-state index contributed by atoms with van der Waals surface area (Å²) in [7, 11) is 0. The fourth-order valence-corrected chi connectivity index (χ4v) is 9.07. The molecular weight excluding hydrogens is 402 g/mol. The lowest BCUT2D eigenvalue weighted by molar-refractivity contribution is -0.0504. The summed E-state index contributed by atoms with van der Waals surface area (Å²) in [6.45, 7) is 0.835. The van der Waals surface area contributed by atoms with Crippen LogP contribution in [0.5, 0.6) is 0 Å². The van der Waals surface area contributed by atoms with Crippen molar-refractivity contribution in [3.63, 3.8) is 0 Å². The van der Waals surface area contributed by atoms with E-state index in [1.807, 2.05) is 23.9 Å². The van der Waals surface area contributed by atoms with E-state index in [0.717, 1.165) is 51.8 Å². The van der Waals surface area contributed by atoms with Crippen molar-refractivity contribution in [3.8, 4) is 0 Å². The van der Waals surface area contributed by atoms with E-state index in [4.69, 9.17) is 4.42 Å². The largest absolute Gasteiger partial charge is 0.451 e. The second kappa shape index (κ2) is 8.17. The third-order valence-electron chi connectivity index (χ3n) is 8.71. The molecule has 5 fully saturated rings. The lowest BCUT2D eigenvalue weighted by Gasteiger charge is -2.56. The van der Waals surface area contributed by atoms with E-state index in [2.05, 4.69) is 17.4 Å². The zero-order valence-electron chi connectivity index (χ0n) is 18.5. The van der Waals surface area contributed by atoms with Crippen LogP contribution in [0.15, 0.2) is 28.7 Å². The number of furan rings is 1. The minimum Gasteiger partial charge on any atom is -0.451 e. The lowest BCUT2D eigenvalue weighted by Crippen LogP contribution is -2.51. The number of amides is 1. The molecule has 1 heterocycles. The van der Waals surface area contributed by atoms with Crippen molar-refractivity contribution >= 4 is 28.6 Å². The summed E-state index contributed by atoms with van der Waals surface area (Å²) in [5.74, 6) is 4.19. The van der Waals surface area contributed by atoms with Crippen LogP contribution in [-0.4, -0.2) is 17.7 Å². The molecule has 0 radical (unpaired) electrons. The number of nitrogens with one attached hydrogen (secondary N) is 1. The first-order chi connectivity index (χ1) is 15.2. The van der Waals surface area contributed by atoms with Gasteiger partial charge in [-0.25, -0.2) is 0 Å².